The van der Waals surface area contributed by atoms with E-state index >= 15 is 0 Å². The molecule has 0 saturated heterocycles. The summed E-state index contributed by atoms with van der Waals surface area (Å²) >= 11 is 0. The zero-order chi connectivity index (χ0) is 10.1. The van der Waals surface area contributed by atoms with Gasteiger partial charge in [0.05, 0.1) is 25.3 Å². The number of aromatic amines is 1. The number of hydrogen-bond donors (Lipinski definition) is 3. The Balaban J connectivity index is 2.57. The second-order valence-electron chi connectivity index (χ2n) is 3.20. The van der Waals surface area contributed by atoms with Crippen LogP contribution in [0.1, 0.15) is 6.92 Å². The minimum absolute atomic E-state index is 0.286. The van der Waals surface area contributed by atoms with Crippen LogP contribution in [-0.2, 0) is 6.54 Å². The molecule has 74 valence electrons. The van der Waals surface area contributed by atoms with E-state index in [4.69, 9.17) is 5.41 Å². The lowest BCUT2D eigenvalue weighted by Gasteiger charge is -2.07. The van der Waals surface area contributed by atoms with E-state index < -0.39 is 6.10 Å². The summed E-state index contributed by atoms with van der Waals surface area (Å²) < 4.78 is 1.57. The highest BCUT2D eigenvalue weighted by Gasteiger charge is 2.04. The van der Waals surface area contributed by atoms with Crippen LogP contribution in [0.2, 0.25) is 0 Å². The molecule has 0 bridgehead atoms. The summed E-state index contributed by atoms with van der Waals surface area (Å²) in [6.07, 6.45) is 2.52. The molecule has 1 atom stereocenters. The van der Waals surface area contributed by atoms with Gasteiger partial charge in [-0.15, -0.1) is 0 Å². The molecule has 14 heavy (non-hydrogen) atoms. The molecule has 0 unspecified atom stereocenters. The summed E-state index contributed by atoms with van der Waals surface area (Å²) in [7, 11) is 0. The third kappa shape index (κ3) is 1.39. The van der Waals surface area contributed by atoms with Gasteiger partial charge in [0.15, 0.2) is 11.1 Å². The van der Waals surface area contributed by atoms with Crippen LogP contribution >= 0.6 is 0 Å². The van der Waals surface area contributed by atoms with Crippen molar-refractivity contribution in [2.45, 2.75) is 19.6 Å². The average molecular weight is 193 g/mol. The van der Waals surface area contributed by atoms with Crippen molar-refractivity contribution >= 4 is 11.2 Å². The van der Waals surface area contributed by atoms with Crippen molar-refractivity contribution in [1.29, 1.82) is 5.41 Å². The van der Waals surface area contributed by atoms with Gasteiger partial charge in [-0.2, -0.15) is 0 Å². The molecule has 0 aromatic carbocycles. The number of imidazole rings is 1. The summed E-state index contributed by atoms with van der Waals surface area (Å²) in [4.78, 5) is 10.8. The molecule has 0 aliphatic heterocycles. The summed E-state index contributed by atoms with van der Waals surface area (Å²) in [6.45, 7) is 2.03. The standard InChI is InChI=1S/C8H11N5O/c1-5(14)2-13-4-12-8-6(7(13)9)10-3-11-8/h3-5,9,14H,2H2,1H3,(H,10,11)/t5-/m1/s1. The van der Waals surface area contributed by atoms with E-state index in [1.165, 1.54) is 12.7 Å². The molecule has 2 heterocycles. The number of aromatic nitrogens is 4. The number of aliphatic hydroxyl groups excluding tert-OH is 1. The van der Waals surface area contributed by atoms with Gasteiger partial charge in [0.1, 0.15) is 5.52 Å². The summed E-state index contributed by atoms with van der Waals surface area (Å²) in [5.41, 5.74) is 1.40. The number of nitrogens with one attached hydrogen (secondary N) is 2. The van der Waals surface area contributed by atoms with Crippen molar-refractivity contribution < 1.29 is 5.11 Å². The Bertz CT molecular complexity index is 498. The van der Waals surface area contributed by atoms with Gasteiger partial charge in [-0.3, -0.25) is 5.41 Å². The summed E-state index contributed by atoms with van der Waals surface area (Å²) in [5, 5.41) is 17.0. The summed E-state index contributed by atoms with van der Waals surface area (Å²) in [6, 6.07) is 0. The fourth-order valence-electron chi connectivity index (χ4n) is 1.31. The van der Waals surface area contributed by atoms with Crippen molar-refractivity contribution in [3.8, 4) is 0 Å². The molecule has 6 nitrogen and oxygen atoms in total. The third-order valence-corrected chi connectivity index (χ3v) is 1.92. The fraction of sp³-hybridized carbons (Fsp3) is 0.375. The highest BCUT2D eigenvalue weighted by atomic mass is 16.3. The van der Waals surface area contributed by atoms with Crippen LogP contribution < -0.4 is 5.49 Å². The van der Waals surface area contributed by atoms with Crippen LogP contribution in [0.4, 0.5) is 0 Å². The highest BCUT2D eigenvalue weighted by molar-refractivity contribution is 5.67. The molecule has 6 heteroatoms. The molecule has 3 N–H and O–H groups in total. The second kappa shape index (κ2) is 3.22. The van der Waals surface area contributed by atoms with Crippen LogP contribution in [0.25, 0.3) is 11.2 Å². The van der Waals surface area contributed by atoms with Crippen LogP contribution in [0.5, 0.6) is 0 Å². The van der Waals surface area contributed by atoms with Gasteiger partial charge in [0, 0.05) is 0 Å². The zero-order valence-corrected chi connectivity index (χ0v) is 7.73. The molecule has 2 aromatic rings. The topological polar surface area (TPSA) is 90.6 Å². The molecule has 0 aliphatic carbocycles. The van der Waals surface area contributed by atoms with E-state index in [9.17, 15) is 5.11 Å². The molecular formula is C8H11N5O. The maximum atomic E-state index is 9.20. The van der Waals surface area contributed by atoms with Crippen molar-refractivity contribution in [2.24, 2.45) is 0 Å². The second-order valence-corrected chi connectivity index (χ2v) is 3.20. The normalized spacial score (nSPS) is 13.3. The Hall–Kier alpha value is -1.69. The highest BCUT2D eigenvalue weighted by Crippen LogP contribution is 1.98. The lowest BCUT2D eigenvalue weighted by Crippen LogP contribution is -2.25. The van der Waals surface area contributed by atoms with Gasteiger partial charge in [-0.1, -0.05) is 0 Å². The van der Waals surface area contributed by atoms with Crippen molar-refractivity contribution in [2.75, 3.05) is 0 Å². The molecule has 0 amide bonds. The predicted molar refractivity (Wildman–Crippen MR) is 49.4 cm³/mol. The molecule has 2 aromatic heterocycles. The Morgan fingerprint density at radius 2 is 2.43 bits per heavy atom. The zero-order valence-electron chi connectivity index (χ0n) is 7.73. The monoisotopic (exact) mass is 193 g/mol. The first kappa shape index (κ1) is 8.89. The first-order chi connectivity index (χ1) is 6.68. The van der Waals surface area contributed by atoms with Gasteiger partial charge in [0.2, 0.25) is 0 Å². The molecule has 0 aliphatic rings. The molecule has 0 fully saturated rings. The first-order valence-electron chi connectivity index (χ1n) is 4.29. The number of hydrogen-bond acceptors (Lipinski definition) is 4. The third-order valence-electron chi connectivity index (χ3n) is 1.92. The Morgan fingerprint density at radius 3 is 3.14 bits per heavy atom. The van der Waals surface area contributed by atoms with Gasteiger partial charge < -0.3 is 14.7 Å². The molecule has 0 saturated carbocycles. The minimum atomic E-state index is -0.494. The SMILES string of the molecule is C[C@@H](O)Cn1cnc2nc[nH]c2c1=N. The van der Waals surface area contributed by atoms with E-state index in [2.05, 4.69) is 15.0 Å². The number of fused-ring (bicyclic) bond motifs is 1. The van der Waals surface area contributed by atoms with Crippen molar-refractivity contribution in [1.82, 2.24) is 19.5 Å². The quantitative estimate of drug-likeness (QED) is 0.607. The summed E-state index contributed by atoms with van der Waals surface area (Å²) in [5.74, 6) is 0. The van der Waals surface area contributed by atoms with Gasteiger partial charge in [-0.25, -0.2) is 9.97 Å². The number of H-pyrrole nitrogens is 1. The molecule has 2 rings (SSSR count). The van der Waals surface area contributed by atoms with E-state index in [-0.39, 0.29) is 5.49 Å². The van der Waals surface area contributed by atoms with E-state index in [1.54, 1.807) is 11.5 Å². The average Bonchev–Trinajstić information content (AvgIpc) is 2.57. The predicted octanol–water partition coefficient (Wildman–Crippen LogP) is -0.380. The smallest absolute Gasteiger partial charge is 0.182 e. The van der Waals surface area contributed by atoms with E-state index in [0.717, 1.165) is 0 Å². The van der Waals surface area contributed by atoms with Crippen molar-refractivity contribution in [3.05, 3.63) is 18.1 Å². The maximum Gasteiger partial charge on any atom is 0.182 e. The van der Waals surface area contributed by atoms with Gasteiger partial charge >= 0.3 is 0 Å². The van der Waals surface area contributed by atoms with Crippen LogP contribution in [0, 0.1) is 5.41 Å². The molecule has 0 spiro atoms. The van der Waals surface area contributed by atoms with Crippen LogP contribution in [-0.4, -0.2) is 30.7 Å². The van der Waals surface area contributed by atoms with Gasteiger partial charge in [-0.05, 0) is 6.92 Å². The number of nitrogens with zero attached hydrogens (tertiary/aromatic N) is 3. The number of aliphatic hydroxyl groups is 1. The van der Waals surface area contributed by atoms with E-state index in [0.29, 0.717) is 17.7 Å². The Kier molecular flexibility index (Phi) is 2.05. The van der Waals surface area contributed by atoms with E-state index in [1.807, 2.05) is 0 Å². The van der Waals surface area contributed by atoms with Crippen LogP contribution in [0.15, 0.2) is 12.7 Å². The van der Waals surface area contributed by atoms with Gasteiger partial charge in [0.25, 0.3) is 0 Å². The lowest BCUT2D eigenvalue weighted by molar-refractivity contribution is 0.171. The van der Waals surface area contributed by atoms with Crippen molar-refractivity contribution in [3.63, 3.8) is 0 Å². The lowest BCUT2D eigenvalue weighted by atomic mass is 10.4. The van der Waals surface area contributed by atoms with Crippen LogP contribution in [0.3, 0.4) is 0 Å². The maximum absolute atomic E-state index is 9.20. The fourth-order valence-corrected chi connectivity index (χ4v) is 1.31. The molecular weight excluding hydrogens is 182 g/mol. The number of rotatable bonds is 2. The largest absolute Gasteiger partial charge is 0.392 e. The Labute approximate surface area is 79.8 Å². The Morgan fingerprint density at radius 1 is 1.64 bits per heavy atom. The molecule has 0 radical (unpaired) electrons. The minimum Gasteiger partial charge on any atom is -0.392 e. The first-order valence-corrected chi connectivity index (χ1v) is 4.29.